The molecule has 0 N–H and O–H groups in total. The van der Waals surface area contributed by atoms with Crippen LogP contribution in [0.2, 0.25) is 0 Å². The zero-order valence-corrected chi connectivity index (χ0v) is 10.1. The van der Waals surface area contributed by atoms with Crippen molar-refractivity contribution in [3.63, 3.8) is 0 Å². The van der Waals surface area contributed by atoms with Gasteiger partial charge in [-0.3, -0.25) is 6.29 Å². The maximum Gasteiger partial charge on any atom is 0 e. The fourth-order valence-electron chi connectivity index (χ4n) is 0.614. The van der Waals surface area contributed by atoms with Gasteiger partial charge in [-0.25, -0.2) is 0 Å². The fraction of sp³-hybridized carbons (Fsp3) is 0.857. The molecule has 0 saturated carbocycles. The van der Waals surface area contributed by atoms with Crippen molar-refractivity contribution in [1.82, 2.24) is 0 Å². The van der Waals surface area contributed by atoms with E-state index >= 15 is 0 Å². The second-order valence-electron chi connectivity index (χ2n) is 2.32. The maximum absolute atomic E-state index is 9.73. The summed E-state index contributed by atoms with van der Waals surface area (Å²) in [6.07, 6.45) is 4.51. The molecular formula is C7H13OSY-. The van der Waals surface area contributed by atoms with Crippen LogP contribution in [0.4, 0.5) is 0 Å². The van der Waals surface area contributed by atoms with Crippen molar-refractivity contribution in [2.75, 3.05) is 5.75 Å². The van der Waals surface area contributed by atoms with Crippen LogP contribution in [0, 0.1) is 5.92 Å². The summed E-state index contributed by atoms with van der Waals surface area (Å²) in [7, 11) is 0. The Labute approximate surface area is 93.6 Å². The van der Waals surface area contributed by atoms with E-state index in [1.54, 1.807) is 0 Å². The molecule has 0 amide bonds. The van der Waals surface area contributed by atoms with E-state index in [1.165, 1.54) is 0 Å². The molecule has 1 radical (unpaired) electrons. The Hall–Kier alpha value is 1.12. The van der Waals surface area contributed by atoms with Crippen LogP contribution < -0.4 is 0 Å². The molecule has 0 saturated heterocycles. The Morgan fingerprint density at radius 1 is 1.60 bits per heavy atom. The van der Waals surface area contributed by atoms with Gasteiger partial charge in [-0.1, -0.05) is 19.8 Å². The van der Waals surface area contributed by atoms with Crippen LogP contribution in [0.3, 0.4) is 0 Å². The first-order valence-electron chi connectivity index (χ1n) is 3.27. The molecule has 0 aromatic heterocycles. The van der Waals surface area contributed by atoms with E-state index in [2.05, 4.69) is 19.6 Å². The molecule has 1 atom stereocenters. The average molecular weight is 234 g/mol. The van der Waals surface area contributed by atoms with Crippen molar-refractivity contribution in [3.05, 3.63) is 0 Å². The standard InChI is InChI=1S/C7H13OS.Y/c1-7(6-9)4-2-3-5-8;/h7,9H,2-4,6H2,1H3;/q-1;. The number of thiol groups is 1. The smallest absolute Gasteiger partial charge is 0 e. The summed E-state index contributed by atoms with van der Waals surface area (Å²) in [5.41, 5.74) is 0. The molecule has 0 fully saturated rings. The second-order valence-corrected chi connectivity index (χ2v) is 2.69. The van der Waals surface area contributed by atoms with Crippen molar-refractivity contribution < 1.29 is 37.5 Å². The normalized spacial score (nSPS) is 11.8. The van der Waals surface area contributed by atoms with E-state index < -0.39 is 0 Å². The molecule has 0 bridgehead atoms. The zero-order chi connectivity index (χ0) is 7.11. The van der Waals surface area contributed by atoms with Gasteiger partial charge in [0.25, 0.3) is 0 Å². The molecule has 0 heterocycles. The van der Waals surface area contributed by atoms with Crippen LogP contribution in [-0.4, -0.2) is 12.0 Å². The summed E-state index contributed by atoms with van der Waals surface area (Å²) in [6.45, 7) is 2.14. The molecule has 0 spiro atoms. The van der Waals surface area contributed by atoms with Gasteiger partial charge in [0.15, 0.2) is 0 Å². The van der Waals surface area contributed by atoms with Crippen molar-refractivity contribution in [2.24, 2.45) is 5.92 Å². The molecule has 57 valence electrons. The minimum Gasteiger partial charge on any atom is -0.542 e. The van der Waals surface area contributed by atoms with Crippen LogP contribution in [0.25, 0.3) is 0 Å². The van der Waals surface area contributed by atoms with Gasteiger partial charge in [-0.2, -0.15) is 19.0 Å². The number of carbonyl (C=O) groups excluding carboxylic acids is 1. The van der Waals surface area contributed by atoms with Crippen molar-refractivity contribution in [2.45, 2.75) is 26.2 Å². The first-order chi connectivity index (χ1) is 4.31. The first-order valence-corrected chi connectivity index (χ1v) is 3.90. The summed E-state index contributed by atoms with van der Waals surface area (Å²) >= 11 is 4.12. The van der Waals surface area contributed by atoms with Crippen molar-refractivity contribution >= 4 is 18.9 Å². The van der Waals surface area contributed by atoms with Crippen LogP contribution >= 0.6 is 12.6 Å². The largest absolute Gasteiger partial charge is 0.542 e. The summed E-state index contributed by atoms with van der Waals surface area (Å²) in [6, 6.07) is 0. The topological polar surface area (TPSA) is 17.1 Å². The first kappa shape index (κ1) is 13.7. The molecule has 0 aliphatic carbocycles. The minimum absolute atomic E-state index is 0. The van der Waals surface area contributed by atoms with Gasteiger partial charge in [-0.05, 0) is 11.7 Å². The van der Waals surface area contributed by atoms with Gasteiger partial charge in [0.2, 0.25) is 0 Å². The van der Waals surface area contributed by atoms with Crippen LogP contribution in [-0.2, 0) is 37.5 Å². The van der Waals surface area contributed by atoms with E-state index in [1.807, 2.05) is 6.29 Å². The van der Waals surface area contributed by atoms with E-state index in [-0.39, 0.29) is 32.7 Å². The zero-order valence-electron chi connectivity index (χ0n) is 6.34. The van der Waals surface area contributed by atoms with Gasteiger partial charge in [0.05, 0.1) is 0 Å². The van der Waals surface area contributed by atoms with Crippen LogP contribution in [0.1, 0.15) is 26.2 Å². The Morgan fingerprint density at radius 3 is 2.60 bits per heavy atom. The van der Waals surface area contributed by atoms with Crippen molar-refractivity contribution in [1.29, 1.82) is 0 Å². The molecule has 0 aromatic rings. The van der Waals surface area contributed by atoms with Gasteiger partial charge < -0.3 is 4.79 Å². The SMILES string of the molecule is CC(CS)CCC[C-]=O.[Y]. The van der Waals surface area contributed by atoms with E-state index in [0.29, 0.717) is 12.3 Å². The molecule has 0 rings (SSSR count). The third-order valence-electron chi connectivity index (χ3n) is 1.29. The van der Waals surface area contributed by atoms with E-state index in [4.69, 9.17) is 0 Å². The predicted octanol–water partition coefficient (Wildman–Crippen LogP) is 1.83. The van der Waals surface area contributed by atoms with Crippen LogP contribution in [0.5, 0.6) is 0 Å². The molecule has 3 heteroatoms. The fourth-order valence-corrected chi connectivity index (χ4v) is 0.797. The van der Waals surface area contributed by atoms with E-state index in [0.717, 1.165) is 18.6 Å². The summed E-state index contributed by atoms with van der Waals surface area (Å²) in [5.74, 6) is 1.56. The third-order valence-corrected chi connectivity index (χ3v) is 1.91. The van der Waals surface area contributed by atoms with E-state index in [9.17, 15) is 4.79 Å². The Bertz CT molecular complexity index is 78.0. The second kappa shape index (κ2) is 10.1. The average Bonchev–Trinajstić information content (AvgIpc) is 1.89. The number of hydrogen-bond donors (Lipinski definition) is 1. The van der Waals surface area contributed by atoms with Gasteiger partial charge in [0, 0.05) is 32.7 Å². The molecule has 0 aromatic carbocycles. The number of hydrogen-bond acceptors (Lipinski definition) is 2. The molecule has 0 aliphatic heterocycles. The quantitative estimate of drug-likeness (QED) is 0.436. The van der Waals surface area contributed by atoms with Crippen LogP contribution in [0.15, 0.2) is 0 Å². The Morgan fingerprint density at radius 2 is 2.20 bits per heavy atom. The minimum atomic E-state index is 0. The molecule has 1 nitrogen and oxygen atoms in total. The summed E-state index contributed by atoms with van der Waals surface area (Å²) in [5, 5.41) is 0. The van der Waals surface area contributed by atoms with Gasteiger partial charge in [-0.15, -0.1) is 0 Å². The molecule has 1 unspecified atom stereocenters. The molecule has 10 heavy (non-hydrogen) atoms. The molecular weight excluding hydrogens is 221 g/mol. The maximum atomic E-state index is 9.73. The molecule has 0 aliphatic rings. The van der Waals surface area contributed by atoms with Gasteiger partial charge in [0.1, 0.15) is 0 Å². The third kappa shape index (κ3) is 9.12. The number of unbranched alkanes of at least 4 members (excludes halogenated alkanes) is 1. The van der Waals surface area contributed by atoms with Crippen molar-refractivity contribution in [3.8, 4) is 0 Å². The summed E-state index contributed by atoms with van der Waals surface area (Å²) < 4.78 is 0. The summed E-state index contributed by atoms with van der Waals surface area (Å²) in [4.78, 5) is 9.73. The van der Waals surface area contributed by atoms with Gasteiger partial charge >= 0.3 is 0 Å². The Kier molecular flexibility index (Phi) is 13.9. The predicted molar refractivity (Wildman–Crippen MR) is 42.6 cm³/mol. The number of rotatable bonds is 5. The Balaban J connectivity index is 0. The monoisotopic (exact) mass is 234 g/mol.